The molecule has 1 unspecified atom stereocenters. The quantitative estimate of drug-likeness (QED) is 0.658. The largest absolute Gasteiger partial charge is 0.356 e. The highest BCUT2D eigenvalue weighted by Gasteiger charge is 2.28. The third-order valence-electron chi connectivity index (χ3n) is 2.88. The van der Waals surface area contributed by atoms with Gasteiger partial charge in [-0.15, -0.1) is 23.4 Å². The molecular formula is C13H16ClNOS. The van der Waals surface area contributed by atoms with Crippen molar-refractivity contribution >= 4 is 29.3 Å². The number of fused-ring (bicyclic) bond motifs is 1. The number of thioether (sulfide) groups is 1. The average Bonchev–Trinajstić information content (AvgIpc) is 2.78. The van der Waals surface area contributed by atoms with E-state index in [1.165, 1.54) is 10.5 Å². The van der Waals surface area contributed by atoms with E-state index in [-0.39, 0.29) is 11.8 Å². The molecule has 1 amide bonds. The molecule has 17 heavy (non-hydrogen) atoms. The van der Waals surface area contributed by atoms with Crippen molar-refractivity contribution in [2.24, 2.45) is 0 Å². The summed E-state index contributed by atoms with van der Waals surface area (Å²) in [7, 11) is 0. The van der Waals surface area contributed by atoms with Crippen LogP contribution in [-0.4, -0.2) is 24.1 Å². The van der Waals surface area contributed by atoms with E-state index < -0.39 is 0 Å². The zero-order valence-corrected chi connectivity index (χ0v) is 11.2. The Bertz CT molecular complexity index is 397. The van der Waals surface area contributed by atoms with Gasteiger partial charge in [-0.1, -0.05) is 18.2 Å². The van der Waals surface area contributed by atoms with Crippen molar-refractivity contribution in [3.05, 3.63) is 29.8 Å². The fraction of sp³-hybridized carbons (Fsp3) is 0.462. The lowest BCUT2D eigenvalue weighted by Crippen LogP contribution is -2.30. The molecule has 1 N–H and O–H groups in total. The topological polar surface area (TPSA) is 29.1 Å². The molecule has 0 bridgehead atoms. The fourth-order valence-electron chi connectivity index (χ4n) is 1.93. The summed E-state index contributed by atoms with van der Waals surface area (Å²) in [6, 6.07) is 8.16. The molecule has 2 rings (SSSR count). The maximum Gasteiger partial charge on any atom is 0.228 e. The van der Waals surface area contributed by atoms with Crippen LogP contribution in [0, 0.1) is 0 Å². The summed E-state index contributed by atoms with van der Waals surface area (Å²) in [5.41, 5.74) is 1.17. The summed E-state index contributed by atoms with van der Waals surface area (Å²) in [4.78, 5) is 13.3. The van der Waals surface area contributed by atoms with Crippen LogP contribution in [0.2, 0.25) is 0 Å². The van der Waals surface area contributed by atoms with Gasteiger partial charge in [-0.2, -0.15) is 0 Å². The molecule has 1 aromatic carbocycles. The van der Waals surface area contributed by atoms with Gasteiger partial charge in [-0.25, -0.2) is 0 Å². The minimum atomic E-state index is 0.0206. The molecule has 0 aromatic heterocycles. The van der Waals surface area contributed by atoms with Gasteiger partial charge in [0.15, 0.2) is 0 Å². The van der Waals surface area contributed by atoms with Crippen molar-refractivity contribution < 1.29 is 4.79 Å². The van der Waals surface area contributed by atoms with E-state index in [0.29, 0.717) is 5.88 Å². The predicted molar refractivity (Wildman–Crippen MR) is 72.9 cm³/mol. The van der Waals surface area contributed by atoms with Gasteiger partial charge in [-0.3, -0.25) is 4.79 Å². The first-order chi connectivity index (χ1) is 8.33. The van der Waals surface area contributed by atoms with Crippen LogP contribution in [-0.2, 0) is 4.79 Å². The van der Waals surface area contributed by atoms with Gasteiger partial charge in [0, 0.05) is 23.1 Å². The van der Waals surface area contributed by atoms with Gasteiger partial charge in [-0.05, 0) is 24.5 Å². The Hall–Kier alpha value is -0.670. The van der Waals surface area contributed by atoms with Gasteiger partial charge in [0.1, 0.15) is 0 Å². The first kappa shape index (κ1) is 12.8. The SMILES string of the molecule is O=C(NCCCCCl)C1CSc2ccccc21. The molecule has 1 aliphatic rings. The molecule has 1 aliphatic heterocycles. The van der Waals surface area contributed by atoms with Crippen molar-refractivity contribution in [1.29, 1.82) is 0 Å². The number of amides is 1. The van der Waals surface area contributed by atoms with Gasteiger partial charge in [0.2, 0.25) is 5.91 Å². The number of carbonyl (C=O) groups excluding carboxylic acids is 1. The lowest BCUT2D eigenvalue weighted by Gasteiger charge is -2.11. The first-order valence-corrected chi connectivity index (χ1v) is 7.40. The lowest BCUT2D eigenvalue weighted by molar-refractivity contribution is -0.122. The number of hydrogen-bond acceptors (Lipinski definition) is 2. The van der Waals surface area contributed by atoms with Crippen LogP contribution in [0.4, 0.5) is 0 Å². The van der Waals surface area contributed by atoms with Crippen LogP contribution < -0.4 is 5.32 Å². The second-order valence-corrected chi connectivity index (χ2v) is 5.53. The molecule has 0 saturated heterocycles. The molecule has 0 spiro atoms. The van der Waals surface area contributed by atoms with Gasteiger partial charge >= 0.3 is 0 Å². The standard InChI is InChI=1S/C13H16ClNOS/c14-7-3-4-8-15-13(16)11-9-17-12-6-2-1-5-10(11)12/h1-2,5-6,11H,3-4,7-9H2,(H,15,16). The summed E-state index contributed by atoms with van der Waals surface area (Å²) in [5, 5.41) is 2.99. The van der Waals surface area contributed by atoms with E-state index in [0.717, 1.165) is 25.1 Å². The minimum Gasteiger partial charge on any atom is -0.356 e. The van der Waals surface area contributed by atoms with Crippen molar-refractivity contribution in [2.75, 3.05) is 18.2 Å². The third kappa shape index (κ3) is 3.17. The summed E-state index contributed by atoms with van der Waals surface area (Å²) in [6.07, 6.45) is 1.91. The van der Waals surface area contributed by atoms with E-state index in [1.807, 2.05) is 12.1 Å². The van der Waals surface area contributed by atoms with Crippen LogP contribution >= 0.6 is 23.4 Å². The summed E-state index contributed by atoms with van der Waals surface area (Å²) in [6.45, 7) is 0.731. The number of alkyl halides is 1. The molecule has 92 valence electrons. The van der Waals surface area contributed by atoms with Crippen molar-refractivity contribution in [2.45, 2.75) is 23.7 Å². The Morgan fingerprint density at radius 1 is 1.41 bits per heavy atom. The van der Waals surface area contributed by atoms with Gasteiger partial charge in [0.25, 0.3) is 0 Å². The van der Waals surface area contributed by atoms with Crippen molar-refractivity contribution in [3.8, 4) is 0 Å². The predicted octanol–water partition coefficient (Wildman–Crippen LogP) is 3.01. The van der Waals surface area contributed by atoms with Gasteiger partial charge < -0.3 is 5.32 Å². The smallest absolute Gasteiger partial charge is 0.228 e. The van der Waals surface area contributed by atoms with E-state index in [9.17, 15) is 4.79 Å². The third-order valence-corrected chi connectivity index (χ3v) is 4.33. The normalized spacial score (nSPS) is 17.8. The number of rotatable bonds is 5. The summed E-state index contributed by atoms with van der Waals surface area (Å²) >= 11 is 7.36. The van der Waals surface area contributed by atoms with Crippen molar-refractivity contribution in [3.63, 3.8) is 0 Å². The lowest BCUT2D eigenvalue weighted by atomic mass is 10.0. The number of benzene rings is 1. The summed E-state index contributed by atoms with van der Waals surface area (Å²) < 4.78 is 0. The second kappa shape index (κ2) is 6.31. The molecule has 1 heterocycles. The molecule has 1 atom stereocenters. The molecule has 0 aliphatic carbocycles. The minimum absolute atomic E-state index is 0.0206. The molecular weight excluding hydrogens is 254 g/mol. The highest BCUT2D eigenvalue weighted by Crippen LogP contribution is 2.39. The van der Waals surface area contributed by atoms with Crippen LogP contribution in [0.3, 0.4) is 0 Å². The van der Waals surface area contributed by atoms with E-state index >= 15 is 0 Å². The monoisotopic (exact) mass is 269 g/mol. The number of halogens is 1. The molecule has 0 fully saturated rings. The highest BCUT2D eigenvalue weighted by atomic mass is 35.5. The first-order valence-electron chi connectivity index (χ1n) is 5.88. The molecule has 1 aromatic rings. The zero-order valence-electron chi connectivity index (χ0n) is 9.62. The molecule has 2 nitrogen and oxygen atoms in total. The van der Waals surface area contributed by atoms with E-state index in [4.69, 9.17) is 11.6 Å². The average molecular weight is 270 g/mol. The zero-order chi connectivity index (χ0) is 12.1. The van der Waals surface area contributed by atoms with E-state index in [1.54, 1.807) is 11.8 Å². The van der Waals surface area contributed by atoms with Crippen LogP contribution in [0.15, 0.2) is 29.2 Å². The maximum absolute atomic E-state index is 12.0. The summed E-state index contributed by atoms with van der Waals surface area (Å²) in [5.74, 6) is 1.70. The van der Waals surface area contributed by atoms with Crippen LogP contribution in [0.25, 0.3) is 0 Å². The maximum atomic E-state index is 12.0. The number of hydrogen-bond donors (Lipinski definition) is 1. The molecule has 4 heteroatoms. The number of nitrogens with one attached hydrogen (secondary N) is 1. The fourth-order valence-corrected chi connectivity index (χ4v) is 3.35. The van der Waals surface area contributed by atoms with Crippen molar-refractivity contribution in [1.82, 2.24) is 5.32 Å². The van der Waals surface area contributed by atoms with Crippen LogP contribution in [0.5, 0.6) is 0 Å². The Labute approximate surface area is 111 Å². The second-order valence-electron chi connectivity index (χ2n) is 4.09. The number of unbranched alkanes of at least 4 members (excludes halogenated alkanes) is 1. The highest BCUT2D eigenvalue weighted by molar-refractivity contribution is 7.99. The van der Waals surface area contributed by atoms with E-state index in [2.05, 4.69) is 17.4 Å². The van der Waals surface area contributed by atoms with Crippen LogP contribution in [0.1, 0.15) is 24.3 Å². The Morgan fingerprint density at radius 3 is 3.06 bits per heavy atom. The Balaban J connectivity index is 1.89. The van der Waals surface area contributed by atoms with Gasteiger partial charge in [0.05, 0.1) is 5.92 Å². The molecule has 0 radical (unpaired) electrons. The number of carbonyl (C=O) groups is 1. The Morgan fingerprint density at radius 2 is 2.24 bits per heavy atom. The Kier molecular flexibility index (Phi) is 4.75. The molecule has 0 saturated carbocycles.